The second-order valence-corrected chi connectivity index (χ2v) is 4.15. The summed E-state index contributed by atoms with van der Waals surface area (Å²) in [6, 6.07) is 5.79. The molecular weight excluding hydrogens is 226 g/mol. The number of anilines is 1. The first kappa shape index (κ1) is 10.8. The highest BCUT2D eigenvalue weighted by Crippen LogP contribution is 2.22. The molecule has 4 heteroatoms. The second kappa shape index (κ2) is 4.49. The number of hydrogen-bond donors (Lipinski definition) is 1. The number of fused-ring (bicyclic) bond motifs is 1. The number of aryl methyl sites for hydroxylation is 1. The molecule has 0 aromatic carbocycles. The van der Waals surface area contributed by atoms with E-state index in [4.69, 9.17) is 4.42 Å². The largest absolute Gasteiger partial charge is 0.464 e. The van der Waals surface area contributed by atoms with Crippen molar-refractivity contribution >= 4 is 16.8 Å². The fourth-order valence-corrected chi connectivity index (χ4v) is 1.92. The van der Waals surface area contributed by atoms with Crippen molar-refractivity contribution < 1.29 is 4.42 Å². The van der Waals surface area contributed by atoms with Crippen LogP contribution in [-0.4, -0.2) is 9.97 Å². The third-order valence-electron chi connectivity index (χ3n) is 2.96. The molecule has 0 aliphatic carbocycles. The van der Waals surface area contributed by atoms with Crippen molar-refractivity contribution in [3.05, 3.63) is 54.2 Å². The van der Waals surface area contributed by atoms with E-state index in [-0.39, 0.29) is 0 Å². The smallest absolute Gasteiger partial charge is 0.139 e. The molecule has 0 fully saturated rings. The average Bonchev–Trinajstić information content (AvgIpc) is 2.86. The Kier molecular flexibility index (Phi) is 2.68. The zero-order valence-corrected chi connectivity index (χ0v) is 10.1. The predicted molar refractivity (Wildman–Crippen MR) is 70.3 cm³/mol. The van der Waals surface area contributed by atoms with E-state index in [2.05, 4.69) is 22.2 Å². The Morgan fingerprint density at radius 1 is 1.22 bits per heavy atom. The van der Waals surface area contributed by atoms with E-state index < -0.39 is 0 Å². The van der Waals surface area contributed by atoms with Crippen molar-refractivity contribution in [2.24, 2.45) is 0 Å². The quantitative estimate of drug-likeness (QED) is 0.762. The fourth-order valence-electron chi connectivity index (χ4n) is 1.92. The Hall–Kier alpha value is -2.36. The van der Waals surface area contributed by atoms with Crippen molar-refractivity contribution in [2.45, 2.75) is 13.5 Å². The molecular formula is C14H13N3O. The normalized spacial score (nSPS) is 10.7. The third kappa shape index (κ3) is 1.93. The van der Waals surface area contributed by atoms with Crippen molar-refractivity contribution in [3.8, 4) is 0 Å². The molecule has 0 saturated carbocycles. The highest BCUT2D eigenvalue weighted by molar-refractivity contribution is 5.87. The monoisotopic (exact) mass is 239 g/mol. The van der Waals surface area contributed by atoms with Crippen LogP contribution in [0.25, 0.3) is 11.0 Å². The summed E-state index contributed by atoms with van der Waals surface area (Å²) in [5.41, 5.74) is 3.23. The molecule has 0 spiro atoms. The Morgan fingerprint density at radius 3 is 3.06 bits per heavy atom. The molecule has 0 amide bonds. The highest BCUT2D eigenvalue weighted by atomic mass is 16.3. The molecule has 0 unspecified atom stereocenters. The summed E-state index contributed by atoms with van der Waals surface area (Å²) in [7, 11) is 0. The third-order valence-corrected chi connectivity index (χ3v) is 2.96. The number of nitrogens with one attached hydrogen (secondary N) is 1. The van der Waals surface area contributed by atoms with E-state index in [0.717, 1.165) is 23.3 Å². The maximum absolute atomic E-state index is 5.34. The molecule has 4 nitrogen and oxygen atoms in total. The number of nitrogens with zero attached hydrogens (tertiary/aromatic N) is 2. The first-order valence-electron chi connectivity index (χ1n) is 5.80. The van der Waals surface area contributed by atoms with Crippen molar-refractivity contribution in [1.82, 2.24) is 9.97 Å². The van der Waals surface area contributed by atoms with Gasteiger partial charge < -0.3 is 9.73 Å². The number of pyridine rings is 2. The fraction of sp³-hybridized carbons (Fsp3) is 0.143. The van der Waals surface area contributed by atoms with Gasteiger partial charge in [-0.3, -0.25) is 4.98 Å². The number of furan rings is 1. The minimum absolute atomic E-state index is 0.728. The van der Waals surface area contributed by atoms with Crippen LogP contribution in [0.2, 0.25) is 0 Å². The van der Waals surface area contributed by atoms with E-state index in [1.54, 1.807) is 18.7 Å². The van der Waals surface area contributed by atoms with Crippen LogP contribution in [0.5, 0.6) is 0 Å². The summed E-state index contributed by atoms with van der Waals surface area (Å²) in [5, 5.41) is 4.34. The van der Waals surface area contributed by atoms with Crippen LogP contribution in [0, 0.1) is 6.92 Å². The maximum atomic E-state index is 5.34. The molecule has 0 atom stereocenters. The summed E-state index contributed by atoms with van der Waals surface area (Å²) >= 11 is 0. The molecule has 3 heterocycles. The summed E-state index contributed by atoms with van der Waals surface area (Å²) in [4.78, 5) is 8.42. The van der Waals surface area contributed by atoms with E-state index in [1.807, 2.05) is 24.4 Å². The van der Waals surface area contributed by atoms with Crippen LogP contribution in [0.4, 0.5) is 5.82 Å². The van der Waals surface area contributed by atoms with Crippen molar-refractivity contribution in [2.75, 3.05) is 5.32 Å². The number of hydrogen-bond acceptors (Lipinski definition) is 4. The Balaban J connectivity index is 1.85. The molecule has 3 aromatic heterocycles. The van der Waals surface area contributed by atoms with Gasteiger partial charge in [0, 0.05) is 25.1 Å². The Morgan fingerprint density at radius 2 is 2.17 bits per heavy atom. The lowest BCUT2D eigenvalue weighted by Gasteiger charge is -2.08. The molecule has 0 bridgehead atoms. The van der Waals surface area contributed by atoms with E-state index >= 15 is 0 Å². The molecule has 0 radical (unpaired) electrons. The van der Waals surface area contributed by atoms with Gasteiger partial charge in [0.2, 0.25) is 0 Å². The molecule has 0 saturated heterocycles. The number of rotatable bonds is 3. The molecule has 0 aliphatic heterocycles. The summed E-state index contributed by atoms with van der Waals surface area (Å²) in [5.74, 6) is 0.845. The topological polar surface area (TPSA) is 51.0 Å². The zero-order chi connectivity index (χ0) is 12.4. The first-order chi connectivity index (χ1) is 8.84. The van der Waals surface area contributed by atoms with Crippen LogP contribution in [0.15, 0.2) is 47.5 Å². The van der Waals surface area contributed by atoms with E-state index in [9.17, 15) is 0 Å². The lowest BCUT2D eigenvalue weighted by Crippen LogP contribution is -2.03. The van der Waals surface area contributed by atoms with Crippen LogP contribution >= 0.6 is 0 Å². The number of aromatic nitrogens is 2. The van der Waals surface area contributed by atoms with E-state index in [1.165, 1.54) is 11.1 Å². The van der Waals surface area contributed by atoms with Gasteiger partial charge >= 0.3 is 0 Å². The van der Waals surface area contributed by atoms with Gasteiger partial charge in [-0.15, -0.1) is 0 Å². The molecule has 1 N–H and O–H groups in total. The van der Waals surface area contributed by atoms with Gasteiger partial charge in [-0.25, -0.2) is 4.98 Å². The highest BCUT2D eigenvalue weighted by Gasteiger charge is 2.04. The molecule has 0 aliphatic rings. The van der Waals surface area contributed by atoms with E-state index in [0.29, 0.717) is 0 Å². The summed E-state index contributed by atoms with van der Waals surface area (Å²) in [6.45, 7) is 2.78. The standard InChI is InChI=1S/C14H13N3O/c1-10-8-15-5-2-11(10)9-17-14-12-4-7-18-13(12)3-6-16-14/h2-8H,9H2,1H3,(H,16,17). The zero-order valence-electron chi connectivity index (χ0n) is 10.1. The summed E-state index contributed by atoms with van der Waals surface area (Å²) in [6.07, 6.45) is 7.08. The van der Waals surface area contributed by atoms with Crippen LogP contribution in [0.1, 0.15) is 11.1 Å². The van der Waals surface area contributed by atoms with Gasteiger partial charge in [-0.1, -0.05) is 0 Å². The van der Waals surface area contributed by atoms with Crippen LogP contribution in [0.3, 0.4) is 0 Å². The Labute approximate surface area is 105 Å². The molecule has 3 aromatic rings. The minimum Gasteiger partial charge on any atom is -0.464 e. The average molecular weight is 239 g/mol. The van der Waals surface area contributed by atoms with Crippen LogP contribution < -0.4 is 5.32 Å². The van der Waals surface area contributed by atoms with Gasteiger partial charge in [-0.05, 0) is 36.2 Å². The predicted octanol–water partition coefficient (Wildman–Crippen LogP) is 3.14. The molecule has 90 valence electrons. The van der Waals surface area contributed by atoms with Gasteiger partial charge in [0.1, 0.15) is 11.4 Å². The lowest BCUT2D eigenvalue weighted by molar-refractivity contribution is 0.615. The van der Waals surface area contributed by atoms with Gasteiger partial charge in [0.25, 0.3) is 0 Å². The molecule has 18 heavy (non-hydrogen) atoms. The Bertz CT molecular complexity index is 675. The molecule has 3 rings (SSSR count). The second-order valence-electron chi connectivity index (χ2n) is 4.15. The van der Waals surface area contributed by atoms with Crippen LogP contribution in [-0.2, 0) is 6.54 Å². The SMILES string of the molecule is Cc1cnccc1CNc1nccc2occc12. The van der Waals surface area contributed by atoms with Gasteiger partial charge in [0.05, 0.1) is 11.6 Å². The van der Waals surface area contributed by atoms with Gasteiger partial charge in [0.15, 0.2) is 0 Å². The maximum Gasteiger partial charge on any atom is 0.139 e. The summed E-state index contributed by atoms with van der Waals surface area (Å²) < 4.78 is 5.34. The van der Waals surface area contributed by atoms with Crippen molar-refractivity contribution in [1.29, 1.82) is 0 Å². The minimum atomic E-state index is 0.728. The van der Waals surface area contributed by atoms with Gasteiger partial charge in [-0.2, -0.15) is 0 Å². The first-order valence-corrected chi connectivity index (χ1v) is 5.80. The van der Waals surface area contributed by atoms with Crippen molar-refractivity contribution in [3.63, 3.8) is 0 Å². The lowest BCUT2D eigenvalue weighted by atomic mass is 10.1.